The lowest BCUT2D eigenvalue weighted by Gasteiger charge is -2.47. The van der Waals surface area contributed by atoms with E-state index in [-0.39, 0.29) is 0 Å². The van der Waals surface area contributed by atoms with Crippen LogP contribution in [0, 0.1) is 5.41 Å². The average Bonchev–Trinajstić information content (AvgIpc) is 2.77. The number of piperidine rings is 2. The first-order valence-corrected chi connectivity index (χ1v) is 10.8. The van der Waals surface area contributed by atoms with Gasteiger partial charge in [-0.25, -0.2) is 0 Å². The SMILES string of the molecule is O=C1CCC2(CCN(C/C=C/c3ccccc3)CC2)CN1CCc1ccncc1. The standard InChI is InChI=1S/C25H31N3O/c29-24-8-12-25(21-28(24)18-11-23-9-15-26-16-10-23)13-19-27(20-14-25)17-4-7-22-5-2-1-3-6-22/h1-7,9-10,15-16H,8,11-14,17-21H2/b7-4+. The van der Waals surface area contributed by atoms with Crippen molar-refractivity contribution in [2.45, 2.75) is 32.1 Å². The van der Waals surface area contributed by atoms with Crippen molar-refractivity contribution >= 4 is 12.0 Å². The van der Waals surface area contributed by atoms with Gasteiger partial charge >= 0.3 is 0 Å². The Morgan fingerprint density at radius 1 is 1.00 bits per heavy atom. The summed E-state index contributed by atoms with van der Waals surface area (Å²) in [5.74, 6) is 0.331. The number of carbonyl (C=O) groups excluding carboxylic acids is 1. The van der Waals surface area contributed by atoms with E-state index >= 15 is 0 Å². The van der Waals surface area contributed by atoms with Crippen molar-refractivity contribution < 1.29 is 4.79 Å². The minimum Gasteiger partial charge on any atom is -0.342 e. The van der Waals surface area contributed by atoms with E-state index < -0.39 is 0 Å². The van der Waals surface area contributed by atoms with Crippen LogP contribution < -0.4 is 0 Å². The molecule has 2 saturated heterocycles. The Labute approximate surface area is 174 Å². The molecule has 1 aromatic carbocycles. The predicted molar refractivity (Wildman–Crippen MR) is 117 cm³/mol. The molecule has 4 heteroatoms. The second-order valence-electron chi connectivity index (χ2n) is 8.53. The predicted octanol–water partition coefficient (Wildman–Crippen LogP) is 4.04. The summed E-state index contributed by atoms with van der Waals surface area (Å²) < 4.78 is 0. The summed E-state index contributed by atoms with van der Waals surface area (Å²) in [5, 5.41) is 0. The normalized spacial score (nSPS) is 19.9. The van der Waals surface area contributed by atoms with Gasteiger partial charge in [-0.3, -0.25) is 14.7 Å². The summed E-state index contributed by atoms with van der Waals surface area (Å²) in [5.41, 5.74) is 2.84. The van der Waals surface area contributed by atoms with E-state index in [0.29, 0.717) is 17.7 Å². The molecule has 0 aliphatic carbocycles. The zero-order valence-corrected chi connectivity index (χ0v) is 17.2. The molecule has 0 N–H and O–H groups in total. The minimum atomic E-state index is 0.325. The van der Waals surface area contributed by atoms with Gasteiger partial charge in [0.25, 0.3) is 0 Å². The van der Waals surface area contributed by atoms with E-state index in [2.05, 4.69) is 57.3 Å². The van der Waals surface area contributed by atoms with Gasteiger partial charge < -0.3 is 4.90 Å². The highest BCUT2D eigenvalue weighted by atomic mass is 16.2. The van der Waals surface area contributed by atoms with Crippen LogP contribution in [-0.2, 0) is 11.2 Å². The van der Waals surface area contributed by atoms with Gasteiger partial charge in [0.1, 0.15) is 0 Å². The van der Waals surface area contributed by atoms with Gasteiger partial charge in [-0.15, -0.1) is 0 Å². The number of benzene rings is 1. The molecule has 0 atom stereocenters. The molecule has 0 radical (unpaired) electrons. The molecule has 4 rings (SSSR count). The second kappa shape index (κ2) is 9.36. The molecule has 0 saturated carbocycles. The van der Waals surface area contributed by atoms with Crippen molar-refractivity contribution in [1.82, 2.24) is 14.8 Å². The molecule has 4 nitrogen and oxygen atoms in total. The maximum Gasteiger partial charge on any atom is 0.222 e. The first-order chi connectivity index (χ1) is 14.2. The van der Waals surface area contributed by atoms with Gasteiger partial charge in [-0.2, -0.15) is 0 Å². The lowest BCUT2D eigenvalue weighted by molar-refractivity contribution is -0.139. The largest absolute Gasteiger partial charge is 0.342 e. The monoisotopic (exact) mass is 389 g/mol. The number of amides is 1. The van der Waals surface area contributed by atoms with E-state index in [1.54, 1.807) is 0 Å². The second-order valence-corrected chi connectivity index (χ2v) is 8.53. The van der Waals surface area contributed by atoms with Gasteiger partial charge in [-0.1, -0.05) is 42.5 Å². The molecule has 0 bridgehead atoms. The highest BCUT2D eigenvalue weighted by Crippen LogP contribution is 2.40. The van der Waals surface area contributed by atoms with Crippen LogP contribution in [0.3, 0.4) is 0 Å². The van der Waals surface area contributed by atoms with Crippen LogP contribution >= 0.6 is 0 Å². The number of nitrogens with zero attached hydrogens (tertiary/aromatic N) is 3. The first kappa shape index (κ1) is 19.8. The van der Waals surface area contributed by atoms with Crippen LogP contribution in [0.25, 0.3) is 6.08 Å². The Morgan fingerprint density at radius 3 is 2.52 bits per heavy atom. The molecular formula is C25H31N3O. The van der Waals surface area contributed by atoms with Crippen LogP contribution in [0.5, 0.6) is 0 Å². The van der Waals surface area contributed by atoms with Crippen molar-refractivity contribution in [3.8, 4) is 0 Å². The number of carbonyl (C=O) groups is 1. The Balaban J connectivity index is 1.27. The molecular weight excluding hydrogens is 358 g/mol. The quantitative estimate of drug-likeness (QED) is 0.748. The van der Waals surface area contributed by atoms with Crippen molar-refractivity contribution in [3.63, 3.8) is 0 Å². The summed E-state index contributed by atoms with van der Waals surface area (Å²) in [4.78, 5) is 21.2. The van der Waals surface area contributed by atoms with Gasteiger partial charge in [0, 0.05) is 38.4 Å². The fourth-order valence-electron chi connectivity index (χ4n) is 4.64. The van der Waals surface area contributed by atoms with E-state index in [0.717, 1.165) is 45.6 Å². The zero-order valence-electron chi connectivity index (χ0n) is 17.2. The number of hydrogen-bond donors (Lipinski definition) is 0. The Hall–Kier alpha value is -2.46. The summed E-state index contributed by atoms with van der Waals surface area (Å²) in [6.45, 7) is 5.03. The van der Waals surface area contributed by atoms with Crippen LogP contribution in [0.15, 0.2) is 60.9 Å². The topological polar surface area (TPSA) is 36.4 Å². The highest BCUT2D eigenvalue weighted by molar-refractivity contribution is 5.77. The number of aromatic nitrogens is 1. The van der Waals surface area contributed by atoms with Gasteiger partial charge in [0.15, 0.2) is 0 Å². The Kier molecular flexibility index (Phi) is 6.40. The molecule has 1 aromatic heterocycles. The molecule has 2 aliphatic rings. The molecule has 2 aliphatic heterocycles. The zero-order chi connectivity index (χ0) is 19.9. The molecule has 1 spiro atoms. The van der Waals surface area contributed by atoms with E-state index in [1.807, 2.05) is 24.5 Å². The number of likely N-dealkylation sites (tertiary alicyclic amines) is 2. The lowest BCUT2D eigenvalue weighted by Crippen LogP contribution is -2.51. The van der Waals surface area contributed by atoms with Gasteiger partial charge in [0.2, 0.25) is 5.91 Å². The van der Waals surface area contributed by atoms with Crippen molar-refractivity contribution in [1.29, 1.82) is 0 Å². The third-order valence-corrected chi connectivity index (χ3v) is 6.56. The minimum absolute atomic E-state index is 0.325. The van der Waals surface area contributed by atoms with Crippen molar-refractivity contribution in [2.75, 3.05) is 32.7 Å². The highest BCUT2D eigenvalue weighted by Gasteiger charge is 2.40. The molecule has 29 heavy (non-hydrogen) atoms. The van der Waals surface area contributed by atoms with Crippen molar-refractivity contribution in [2.24, 2.45) is 5.41 Å². The number of pyridine rings is 1. The fourth-order valence-corrected chi connectivity index (χ4v) is 4.64. The fraction of sp³-hybridized carbons (Fsp3) is 0.440. The number of rotatable bonds is 6. The summed E-state index contributed by atoms with van der Waals surface area (Å²) >= 11 is 0. The molecule has 2 aromatic rings. The molecule has 2 fully saturated rings. The van der Waals surface area contributed by atoms with Crippen LogP contribution in [-0.4, -0.2) is 53.4 Å². The molecule has 1 amide bonds. The Morgan fingerprint density at radius 2 is 1.76 bits per heavy atom. The summed E-state index contributed by atoms with van der Waals surface area (Å²) in [6, 6.07) is 14.6. The maximum atomic E-state index is 12.5. The van der Waals surface area contributed by atoms with Crippen LogP contribution in [0.2, 0.25) is 0 Å². The molecule has 0 unspecified atom stereocenters. The smallest absolute Gasteiger partial charge is 0.222 e. The van der Waals surface area contributed by atoms with E-state index in [4.69, 9.17) is 0 Å². The average molecular weight is 390 g/mol. The van der Waals surface area contributed by atoms with Crippen LogP contribution in [0.1, 0.15) is 36.8 Å². The summed E-state index contributed by atoms with van der Waals surface area (Å²) in [7, 11) is 0. The van der Waals surface area contributed by atoms with E-state index in [1.165, 1.54) is 24.0 Å². The maximum absolute atomic E-state index is 12.5. The molecule has 152 valence electrons. The Bertz CT molecular complexity index is 810. The number of hydrogen-bond acceptors (Lipinski definition) is 3. The van der Waals surface area contributed by atoms with Gasteiger partial charge in [0.05, 0.1) is 0 Å². The molecule has 3 heterocycles. The van der Waals surface area contributed by atoms with E-state index in [9.17, 15) is 4.79 Å². The third-order valence-electron chi connectivity index (χ3n) is 6.56. The van der Waals surface area contributed by atoms with Gasteiger partial charge in [-0.05, 0) is 67.4 Å². The summed E-state index contributed by atoms with van der Waals surface area (Å²) in [6.07, 6.45) is 13.2. The first-order valence-electron chi connectivity index (χ1n) is 10.8. The lowest BCUT2D eigenvalue weighted by atomic mass is 9.72. The van der Waals surface area contributed by atoms with Crippen LogP contribution in [0.4, 0.5) is 0 Å². The third kappa shape index (κ3) is 5.33. The van der Waals surface area contributed by atoms with Crippen molar-refractivity contribution in [3.05, 3.63) is 72.1 Å².